The van der Waals surface area contributed by atoms with Gasteiger partial charge in [-0.05, 0) is 45.1 Å². The van der Waals surface area contributed by atoms with E-state index < -0.39 is 5.97 Å². The third kappa shape index (κ3) is 5.47. The van der Waals surface area contributed by atoms with Crippen LogP contribution in [0.2, 0.25) is 0 Å². The van der Waals surface area contributed by atoms with Gasteiger partial charge in [0.1, 0.15) is 6.61 Å². The van der Waals surface area contributed by atoms with E-state index in [9.17, 15) is 4.79 Å². The van der Waals surface area contributed by atoms with E-state index >= 15 is 0 Å². The molecule has 2 saturated heterocycles. The van der Waals surface area contributed by atoms with Crippen molar-refractivity contribution in [1.29, 1.82) is 0 Å². The van der Waals surface area contributed by atoms with Gasteiger partial charge in [0, 0.05) is 19.7 Å². The standard InChI is InChI=1S/C14H25NO4/c16-14(17)11-19-13-5-8-15(9-6-13)7-1-3-12-4-2-10-18-12/h12-13H,1-11H2,(H,16,17). The SMILES string of the molecule is O=C(O)COC1CCN(CCCC2CCCO2)CC1. The van der Waals surface area contributed by atoms with Crippen molar-refractivity contribution >= 4 is 5.97 Å². The first-order valence-electron chi connectivity index (χ1n) is 7.41. The monoisotopic (exact) mass is 271 g/mol. The average Bonchev–Trinajstić information content (AvgIpc) is 2.91. The van der Waals surface area contributed by atoms with E-state index in [0.717, 1.165) is 39.1 Å². The molecule has 0 spiro atoms. The number of carbonyl (C=O) groups is 1. The molecular weight excluding hydrogens is 246 g/mol. The molecule has 0 aromatic rings. The summed E-state index contributed by atoms with van der Waals surface area (Å²) in [6.45, 7) is 3.96. The molecule has 0 saturated carbocycles. The molecule has 2 aliphatic heterocycles. The highest BCUT2D eigenvalue weighted by atomic mass is 16.5. The molecule has 1 unspecified atom stereocenters. The zero-order chi connectivity index (χ0) is 13.5. The number of aliphatic carboxylic acids is 1. The maximum atomic E-state index is 10.4. The van der Waals surface area contributed by atoms with Gasteiger partial charge >= 0.3 is 5.97 Å². The minimum Gasteiger partial charge on any atom is -0.480 e. The molecule has 0 aromatic carbocycles. The molecule has 5 nitrogen and oxygen atoms in total. The molecule has 5 heteroatoms. The van der Waals surface area contributed by atoms with Gasteiger partial charge in [0.05, 0.1) is 12.2 Å². The molecule has 1 atom stereocenters. The molecule has 1 N–H and O–H groups in total. The van der Waals surface area contributed by atoms with Crippen LogP contribution in [0.3, 0.4) is 0 Å². The third-order valence-electron chi connectivity index (χ3n) is 4.00. The molecule has 0 aliphatic carbocycles. The zero-order valence-electron chi connectivity index (χ0n) is 11.6. The second kappa shape index (κ2) is 7.82. The Balaban J connectivity index is 1.52. The van der Waals surface area contributed by atoms with Crippen LogP contribution >= 0.6 is 0 Å². The third-order valence-corrected chi connectivity index (χ3v) is 4.00. The summed E-state index contributed by atoms with van der Waals surface area (Å²) in [4.78, 5) is 12.9. The van der Waals surface area contributed by atoms with Crippen LogP contribution in [0.25, 0.3) is 0 Å². The summed E-state index contributed by atoms with van der Waals surface area (Å²) >= 11 is 0. The first kappa shape index (κ1) is 14.8. The van der Waals surface area contributed by atoms with Crippen LogP contribution in [0.4, 0.5) is 0 Å². The van der Waals surface area contributed by atoms with Gasteiger partial charge < -0.3 is 19.5 Å². The van der Waals surface area contributed by atoms with Gasteiger partial charge in [-0.1, -0.05) is 0 Å². The Kier molecular flexibility index (Phi) is 6.07. The van der Waals surface area contributed by atoms with Crippen LogP contribution in [0.15, 0.2) is 0 Å². The van der Waals surface area contributed by atoms with Gasteiger partial charge in [0.2, 0.25) is 0 Å². The molecule has 19 heavy (non-hydrogen) atoms. The summed E-state index contributed by atoms with van der Waals surface area (Å²) in [5.74, 6) is -0.876. The molecule has 0 bridgehead atoms. The number of likely N-dealkylation sites (tertiary alicyclic amines) is 1. The van der Waals surface area contributed by atoms with Crippen molar-refractivity contribution in [3.63, 3.8) is 0 Å². The van der Waals surface area contributed by atoms with Crippen LogP contribution in [0.5, 0.6) is 0 Å². The number of carboxylic acids is 1. The molecule has 2 fully saturated rings. The first-order valence-corrected chi connectivity index (χ1v) is 7.41. The summed E-state index contributed by atoms with van der Waals surface area (Å²) < 4.78 is 11.0. The Morgan fingerprint density at radius 3 is 2.74 bits per heavy atom. The lowest BCUT2D eigenvalue weighted by molar-refractivity contribution is -0.145. The van der Waals surface area contributed by atoms with E-state index in [2.05, 4.69) is 4.90 Å². The number of nitrogens with zero attached hydrogens (tertiary/aromatic N) is 1. The van der Waals surface area contributed by atoms with Crippen LogP contribution in [-0.4, -0.2) is 61.0 Å². The van der Waals surface area contributed by atoms with Crippen molar-refractivity contribution in [3.05, 3.63) is 0 Å². The minimum absolute atomic E-state index is 0.130. The second-order valence-electron chi connectivity index (χ2n) is 5.52. The molecule has 2 aliphatic rings. The predicted octanol–water partition coefficient (Wildman–Crippen LogP) is 1.51. The van der Waals surface area contributed by atoms with Crippen molar-refractivity contribution in [1.82, 2.24) is 4.90 Å². The van der Waals surface area contributed by atoms with Crippen molar-refractivity contribution in [3.8, 4) is 0 Å². The fraction of sp³-hybridized carbons (Fsp3) is 0.929. The van der Waals surface area contributed by atoms with Crippen molar-refractivity contribution in [2.45, 2.75) is 50.7 Å². The van der Waals surface area contributed by atoms with E-state index in [1.807, 2.05) is 0 Å². The van der Waals surface area contributed by atoms with Crippen molar-refractivity contribution in [2.75, 3.05) is 32.8 Å². The van der Waals surface area contributed by atoms with E-state index in [0.29, 0.717) is 6.10 Å². The van der Waals surface area contributed by atoms with Gasteiger partial charge in [-0.3, -0.25) is 0 Å². The lowest BCUT2D eigenvalue weighted by Gasteiger charge is -2.31. The Labute approximate surface area is 114 Å². The van der Waals surface area contributed by atoms with Crippen LogP contribution in [-0.2, 0) is 14.3 Å². The summed E-state index contributed by atoms with van der Waals surface area (Å²) in [6, 6.07) is 0. The van der Waals surface area contributed by atoms with Crippen LogP contribution < -0.4 is 0 Å². The van der Waals surface area contributed by atoms with Crippen molar-refractivity contribution < 1.29 is 19.4 Å². The van der Waals surface area contributed by atoms with Crippen LogP contribution in [0.1, 0.15) is 38.5 Å². The highest BCUT2D eigenvalue weighted by Crippen LogP contribution is 2.18. The van der Waals surface area contributed by atoms with Gasteiger partial charge in [-0.15, -0.1) is 0 Å². The van der Waals surface area contributed by atoms with Gasteiger partial charge in [0.15, 0.2) is 0 Å². The van der Waals surface area contributed by atoms with E-state index in [1.54, 1.807) is 0 Å². The molecule has 2 heterocycles. The summed E-state index contributed by atoms with van der Waals surface area (Å²) in [6.07, 6.45) is 7.35. The van der Waals surface area contributed by atoms with E-state index in [4.69, 9.17) is 14.6 Å². The molecule has 0 radical (unpaired) electrons. The molecule has 0 amide bonds. The Hall–Kier alpha value is -0.650. The maximum Gasteiger partial charge on any atom is 0.329 e. The molecule has 0 aromatic heterocycles. The number of ether oxygens (including phenoxy) is 2. The Morgan fingerprint density at radius 2 is 2.11 bits per heavy atom. The minimum atomic E-state index is -0.876. The summed E-state index contributed by atoms with van der Waals surface area (Å²) in [7, 11) is 0. The maximum absolute atomic E-state index is 10.4. The number of hydrogen-bond acceptors (Lipinski definition) is 4. The summed E-state index contributed by atoms with van der Waals surface area (Å²) in [5.41, 5.74) is 0. The zero-order valence-corrected chi connectivity index (χ0v) is 11.6. The quantitative estimate of drug-likeness (QED) is 0.760. The normalized spacial score (nSPS) is 25.8. The van der Waals surface area contributed by atoms with Gasteiger partial charge in [0.25, 0.3) is 0 Å². The average molecular weight is 271 g/mol. The molecule has 2 rings (SSSR count). The number of hydrogen-bond donors (Lipinski definition) is 1. The van der Waals surface area contributed by atoms with E-state index in [1.165, 1.54) is 25.7 Å². The highest BCUT2D eigenvalue weighted by molar-refractivity contribution is 5.68. The van der Waals surface area contributed by atoms with Crippen molar-refractivity contribution in [2.24, 2.45) is 0 Å². The lowest BCUT2D eigenvalue weighted by Crippen LogP contribution is -2.38. The number of piperidine rings is 1. The van der Waals surface area contributed by atoms with E-state index in [-0.39, 0.29) is 12.7 Å². The first-order chi connectivity index (χ1) is 9.24. The fourth-order valence-corrected chi connectivity index (χ4v) is 2.90. The van der Waals surface area contributed by atoms with Crippen LogP contribution in [0, 0.1) is 0 Å². The molecular formula is C14H25NO4. The largest absolute Gasteiger partial charge is 0.480 e. The topological polar surface area (TPSA) is 59.0 Å². The second-order valence-corrected chi connectivity index (χ2v) is 5.52. The number of carboxylic acid groups (broad SMARTS) is 1. The number of rotatable bonds is 7. The lowest BCUT2D eigenvalue weighted by atomic mass is 10.1. The highest BCUT2D eigenvalue weighted by Gasteiger charge is 2.21. The predicted molar refractivity (Wildman–Crippen MR) is 71.3 cm³/mol. The fourth-order valence-electron chi connectivity index (χ4n) is 2.90. The smallest absolute Gasteiger partial charge is 0.329 e. The summed E-state index contributed by atoms with van der Waals surface area (Å²) in [5, 5.41) is 8.57. The van der Waals surface area contributed by atoms with Gasteiger partial charge in [-0.2, -0.15) is 0 Å². The Bertz CT molecular complexity index is 271. The van der Waals surface area contributed by atoms with Gasteiger partial charge in [-0.25, -0.2) is 4.79 Å². The molecule has 110 valence electrons. The Morgan fingerprint density at radius 1 is 1.32 bits per heavy atom.